The van der Waals surface area contributed by atoms with Gasteiger partial charge in [-0.25, -0.2) is 4.68 Å². The van der Waals surface area contributed by atoms with Crippen molar-refractivity contribution < 1.29 is 4.79 Å². The molecule has 0 fully saturated rings. The van der Waals surface area contributed by atoms with Crippen molar-refractivity contribution in [3.05, 3.63) is 113 Å². The number of carbonyl (C=O) groups is 1. The van der Waals surface area contributed by atoms with Crippen molar-refractivity contribution in [2.75, 3.05) is 5.32 Å². The van der Waals surface area contributed by atoms with Crippen LogP contribution in [-0.4, -0.2) is 15.7 Å². The molecular weight excluding hydrogens is 418 g/mol. The molecule has 168 valence electrons. The molecule has 5 rings (SSSR count). The van der Waals surface area contributed by atoms with Gasteiger partial charge in [-0.15, -0.1) is 0 Å². The molecule has 0 unspecified atom stereocenters. The fourth-order valence-corrected chi connectivity index (χ4v) is 4.56. The monoisotopic (exact) mass is 445 g/mol. The first-order valence-corrected chi connectivity index (χ1v) is 11.4. The predicted molar refractivity (Wildman–Crippen MR) is 140 cm³/mol. The van der Waals surface area contributed by atoms with Crippen molar-refractivity contribution in [2.45, 2.75) is 27.7 Å². The normalized spacial score (nSPS) is 11.1. The first-order chi connectivity index (χ1) is 16.4. The lowest BCUT2D eigenvalue weighted by Gasteiger charge is -2.12. The van der Waals surface area contributed by atoms with Gasteiger partial charge in [0, 0.05) is 11.3 Å². The number of anilines is 1. The van der Waals surface area contributed by atoms with Crippen LogP contribution in [0.25, 0.3) is 27.7 Å². The summed E-state index contributed by atoms with van der Waals surface area (Å²) in [4.78, 5) is 13.3. The molecule has 0 atom stereocenters. The molecule has 0 bridgehead atoms. The van der Waals surface area contributed by atoms with E-state index < -0.39 is 0 Å². The van der Waals surface area contributed by atoms with Crippen LogP contribution in [0.4, 0.5) is 5.69 Å². The van der Waals surface area contributed by atoms with E-state index in [1.807, 2.05) is 48.9 Å². The van der Waals surface area contributed by atoms with Crippen molar-refractivity contribution in [3.8, 4) is 16.9 Å². The second kappa shape index (κ2) is 8.64. The zero-order chi connectivity index (χ0) is 23.8. The van der Waals surface area contributed by atoms with Crippen LogP contribution in [0, 0.1) is 27.7 Å². The Morgan fingerprint density at radius 1 is 0.735 bits per heavy atom. The summed E-state index contributed by atoms with van der Waals surface area (Å²) in [6.07, 6.45) is 0. The Hall–Kier alpha value is -4.18. The van der Waals surface area contributed by atoms with Crippen LogP contribution in [-0.2, 0) is 0 Å². The van der Waals surface area contributed by atoms with Gasteiger partial charge in [0.1, 0.15) is 0 Å². The van der Waals surface area contributed by atoms with Gasteiger partial charge >= 0.3 is 0 Å². The minimum Gasteiger partial charge on any atom is -0.320 e. The average molecular weight is 446 g/mol. The van der Waals surface area contributed by atoms with Crippen LogP contribution < -0.4 is 5.32 Å². The zero-order valence-electron chi connectivity index (χ0n) is 19.9. The number of fused-ring (bicyclic) bond motifs is 1. The van der Waals surface area contributed by atoms with E-state index in [9.17, 15) is 4.79 Å². The molecule has 0 radical (unpaired) electrons. The van der Waals surface area contributed by atoms with Crippen LogP contribution >= 0.6 is 0 Å². The summed E-state index contributed by atoms with van der Waals surface area (Å²) in [5.41, 5.74) is 8.41. The third-order valence-electron chi connectivity index (χ3n) is 6.15. The molecule has 0 saturated heterocycles. The van der Waals surface area contributed by atoms with Gasteiger partial charge in [-0.3, -0.25) is 4.79 Å². The highest BCUT2D eigenvalue weighted by Gasteiger charge is 2.19. The molecule has 0 aliphatic rings. The largest absolute Gasteiger partial charge is 0.320 e. The summed E-state index contributed by atoms with van der Waals surface area (Å²) in [6.45, 7) is 8.15. The number of amides is 1. The third-order valence-corrected chi connectivity index (χ3v) is 6.15. The Kier molecular flexibility index (Phi) is 5.50. The molecule has 4 nitrogen and oxygen atoms in total. The molecule has 0 aliphatic heterocycles. The Bertz CT molecular complexity index is 1520. The second-order valence-corrected chi connectivity index (χ2v) is 8.96. The lowest BCUT2D eigenvalue weighted by molar-refractivity contribution is 0.102. The van der Waals surface area contributed by atoms with Crippen molar-refractivity contribution in [1.82, 2.24) is 9.78 Å². The first kappa shape index (κ1) is 21.7. The molecule has 0 spiro atoms. The second-order valence-electron chi connectivity index (χ2n) is 8.96. The topological polar surface area (TPSA) is 46.9 Å². The summed E-state index contributed by atoms with van der Waals surface area (Å²) in [7, 11) is 0. The number of benzene rings is 4. The molecule has 4 aromatic carbocycles. The van der Waals surface area contributed by atoms with Crippen LogP contribution in [0.5, 0.6) is 0 Å². The minimum atomic E-state index is -0.219. The molecular formula is C30H27N3O. The van der Waals surface area contributed by atoms with Gasteiger partial charge in [-0.05, 0) is 79.4 Å². The summed E-state index contributed by atoms with van der Waals surface area (Å²) in [5, 5.41) is 10.2. The summed E-state index contributed by atoms with van der Waals surface area (Å²) in [6, 6.07) is 28.8. The summed E-state index contributed by atoms with van der Waals surface area (Å²) in [5.74, 6) is -0.219. The fraction of sp³-hybridized carbons (Fsp3) is 0.133. The molecule has 4 heteroatoms. The Morgan fingerprint density at radius 2 is 1.47 bits per heavy atom. The number of aryl methyl sites for hydroxylation is 4. The van der Waals surface area contributed by atoms with E-state index >= 15 is 0 Å². The maximum atomic E-state index is 13.3. The number of hydrogen-bond donors (Lipinski definition) is 1. The van der Waals surface area contributed by atoms with Gasteiger partial charge in [-0.2, -0.15) is 5.10 Å². The van der Waals surface area contributed by atoms with E-state index in [0.29, 0.717) is 5.69 Å². The van der Waals surface area contributed by atoms with Crippen molar-refractivity contribution in [3.63, 3.8) is 0 Å². The van der Waals surface area contributed by atoms with Crippen LogP contribution in [0.3, 0.4) is 0 Å². The number of carbonyl (C=O) groups excluding carboxylic acids is 1. The molecule has 0 saturated carbocycles. The van der Waals surface area contributed by atoms with E-state index in [-0.39, 0.29) is 5.91 Å². The molecule has 0 aliphatic carbocycles. The van der Waals surface area contributed by atoms with Crippen molar-refractivity contribution in [2.24, 2.45) is 0 Å². The van der Waals surface area contributed by atoms with E-state index in [2.05, 4.69) is 73.8 Å². The third kappa shape index (κ3) is 4.11. The maximum absolute atomic E-state index is 13.3. The van der Waals surface area contributed by atoms with Crippen LogP contribution in [0.2, 0.25) is 0 Å². The van der Waals surface area contributed by atoms with Gasteiger partial charge in [0.15, 0.2) is 5.69 Å². The van der Waals surface area contributed by atoms with Gasteiger partial charge in [0.25, 0.3) is 5.91 Å². The number of aromatic nitrogens is 2. The van der Waals surface area contributed by atoms with E-state index in [4.69, 9.17) is 5.10 Å². The highest BCUT2D eigenvalue weighted by atomic mass is 16.2. The number of nitrogens with one attached hydrogen (secondary N) is 1. The van der Waals surface area contributed by atoms with Gasteiger partial charge < -0.3 is 5.32 Å². The zero-order valence-corrected chi connectivity index (χ0v) is 19.9. The SMILES string of the molecule is Cc1cccc(-n2nc(C(=O)Nc3c(C)cc(C)cc3C)cc2-c2ccc3ccccc3c2)c1. The quantitative estimate of drug-likeness (QED) is 0.318. The van der Waals surface area contributed by atoms with Gasteiger partial charge in [0.2, 0.25) is 0 Å². The lowest BCUT2D eigenvalue weighted by atomic mass is 10.0. The smallest absolute Gasteiger partial charge is 0.276 e. The number of nitrogens with zero attached hydrogens (tertiary/aromatic N) is 2. The molecule has 1 heterocycles. The highest BCUT2D eigenvalue weighted by Crippen LogP contribution is 2.29. The molecule has 5 aromatic rings. The Morgan fingerprint density at radius 3 is 2.21 bits per heavy atom. The number of hydrogen-bond acceptors (Lipinski definition) is 2. The maximum Gasteiger partial charge on any atom is 0.276 e. The predicted octanol–water partition coefficient (Wildman–Crippen LogP) is 7.18. The van der Waals surface area contributed by atoms with Gasteiger partial charge in [0.05, 0.1) is 11.4 Å². The first-order valence-electron chi connectivity index (χ1n) is 11.4. The number of rotatable bonds is 4. The Labute approximate surface area is 199 Å². The molecule has 1 amide bonds. The molecule has 1 N–H and O–H groups in total. The molecule has 1 aromatic heterocycles. The average Bonchev–Trinajstić information content (AvgIpc) is 3.27. The van der Waals surface area contributed by atoms with Crippen LogP contribution in [0.15, 0.2) is 84.9 Å². The van der Waals surface area contributed by atoms with E-state index in [1.165, 1.54) is 10.9 Å². The standard InChI is InChI=1S/C30H27N3O/c1-19-8-7-11-26(16-19)33-28(25-13-12-23-9-5-6-10-24(23)17-25)18-27(32-33)30(34)31-29-21(3)14-20(2)15-22(29)4/h5-18H,1-4H3,(H,31,34). The minimum absolute atomic E-state index is 0.219. The van der Waals surface area contributed by atoms with E-state index in [0.717, 1.165) is 44.7 Å². The summed E-state index contributed by atoms with van der Waals surface area (Å²) >= 11 is 0. The fourth-order valence-electron chi connectivity index (χ4n) is 4.56. The van der Waals surface area contributed by atoms with Crippen molar-refractivity contribution in [1.29, 1.82) is 0 Å². The lowest BCUT2D eigenvalue weighted by Crippen LogP contribution is -2.15. The van der Waals surface area contributed by atoms with Gasteiger partial charge in [-0.1, -0.05) is 66.2 Å². The molecule has 34 heavy (non-hydrogen) atoms. The van der Waals surface area contributed by atoms with Crippen LogP contribution in [0.1, 0.15) is 32.7 Å². The highest BCUT2D eigenvalue weighted by molar-refractivity contribution is 6.04. The Balaban J connectivity index is 1.61. The summed E-state index contributed by atoms with van der Waals surface area (Å²) < 4.78 is 1.86. The van der Waals surface area contributed by atoms with Crippen molar-refractivity contribution >= 4 is 22.4 Å². The van der Waals surface area contributed by atoms with E-state index in [1.54, 1.807) is 0 Å².